The number of aromatic nitrogens is 2. The van der Waals surface area contributed by atoms with Crippen molar-refractivity contribution in [3.8, 4) is 0 Å². The van der Waals surface area contributed by atoms with Crippen LogP contribution in [0, 0.1) is 0 Å². The lowest BCUT2D eigenvalue weighted by atomic mass is 10.2. The van der Waals surface area contributed by atoms with E-state index in [9.17, 15) is 4.21 Å². The van der Waals surface area contributed by atoms with E-state index in [-0.39, 0.29) is 0 Å². The Hall–Kier alpha value is -1.20. The van der Waals surface area contributed by atoms with Gasteiger partial charge in [-0.3, -0.25) is 4.21 Å². The molecule has 1 N–H and O–H groups in total. The monoisotopic (exact) mass is 269 g/mol. The van der Waals surface area contributed by atoms with E-state index in [4.69, 9.17) is 11.6 Å². The number of hydrogen-bond donors (Lipinski definition) is 1. The van der Waals surface area contributed by atoms with Crippen molar-refractivity contribution in [2.24, 2.45) is 0 Å². The molecule has 0 radical (unpaired) electrons. The Morgan fingerprint density at radius 1 is 1.29 bits per heavy atom. The summed E-state index contributed by atoms with van der Waals surface area (Å²) in [6.07, 6.45) is 1.67. The zero-order valence-electron chi connectivity index (χ0n) is 9.31. The van der Waals surface area contributed by atoms with Crippen LogP contribution in [0.25, 0.3) is 10.8 Å². The normalized spacial score (nSPS) is 12.6. The van der Waals surface area contributed by atoms with Crippen molar-refractivity contribution in [1.82, 2.24) is 10.2 Å². The van der Waals surface area contributed by atoms with Crippen molar-refractivity contribution >= 4 is 39.0 Å². The van der Waals surface area contributed by atoms with Crippen LogP contribution in [0.2, 0.25) is 5.15 Å². The molecule has 17 heavy (non-hydrogen) atoms. The molecule has 1 heterocycles. The van der Waals surface area contributed by atoms with Gasteiger partial charge in [0.15, 0.2) is 11.0 Å². The number of nitrogens with zero attached hydrogens (tertiary/aromatic N) is 2. The number of nitrogens with one attached hydrogen (secondary N) is 1. The summed E-state index contributed by atoms with van der Waals surface area (Å²) < 4.78 is 11.0. The van der Waals surface area contributed by atoms with Gasteiger partial charge in [0.1, 0.15) is 0 Å². The molecule has 0 spiro atoms. The summed E-state index contributed by atoms with van der Waals surface area (Å²) in [5.74, 6) is 1.26. The quantitative estimate of drug-likeness (QED) is 0.923. The fourth-order valence-electron chi connectivity index (χ4n) is 1.51. The largest absolute Gasteiger partial charge is 0.367 e. The maximum absolute atomic E-state index is 11.0. The predicted octanol–water partition coefficient (Wildman–Crippen LogP) is 2.07. The first kappa shape index (κ1) is 12.3. The summed E-state index contributed by atoms with van der Waals surface area (Å²) in [6.45, 7) is 0.601. The Labute approximate surface area is 107 Å². The SMILES string of the molecule is CS(=O)CCNc1nnc(Cl)c2ccccc12. The summed E-state index contributed by atoms with van der Waals surface area (Å²) >= 11 is 5.96. The Morgan fingerprint density at radius 2 is 2.00 bits per heavy atom. The lowest BCUT2D eigenvalue weighted by molar-refractivity contribution is 0.687. The van der Waals surface area contributed by atoms with Crippen molar-refractivity contribution in [2.75, 3.05) is 23.9 Å². The molecule has 0 aliphatic rings. The van der Waals surface area contributed by atoms with E-state index < -0.39 is 10.8 Å². The number of anilines is 1. The average Bonchev–Trinajstić information content (AvgIpc) is 2.32. The van der Waals surface area contributed by atoms with Gasteiger partial charge < -0.3 is 5.32 Å². The van der Waals surface area contributed by atoms with Gasteiger partial charge in [0, 0.05) is 40.1 Å². The van der Waals surface area contributed by atoms with Crippen LogP contribution in [-0.2, 0) is 10.8 Å². The second-order valence-electron chi connectivity index (χ2n) is 3.59. The van der Waals surface area contributed by atoms with Crippen LogP contribution in [0.15, 0.2) is 24.3 Å². The third kappa shape index (κ3) is 2.92. The van der Waals surface area contributed by atoms with Crippen LogP contribution in [0.3, 0.4) is 0 Å². The molecule has 6 heteroatoms. The van der Waals surface area contributed by atoms with Gasteiger partial charge in [0.2, 0.25) is 0 Å². The summed E-state index contributed by atoms with van der Waals surface area (Å²) in [5.41, 5.74) is 0. The Balaban J connectivity index is 2.28. The highest BCUT2D eigenvalue weighted by atomic mass is 35.5. The minimum Gasteiger partial charge on any atom is -0.367 e. The average molecular weight is 270 g/mol. The molecule has 1 unspecified atom stereocenters. The molecule has 90 valence electrons. The molecule has 0 amide bonds. The van der Waals surface area contributed by atoms with E-state index in [2.05, 4.69) is 15.5 Å². The number of fused-ring (bicyclic) bond motifs is 1. The molecule has 0 saturated carbocycles. The number of hydrogen-bond acceptors (Lipinski definition) is 4. The lowest BCUT2D eigenvalue weighted by Crippen LogP contribution is -2.11. The Bertz CT molecular complexity index is 561. The fourth-order valence-corrected chi connectivity index (χ4v) is 2.11. The molecule has 1 atom stereocenters. The van der Waals surface area contributed by atoms with Crippen LogP contribution >= 0.6 is 11.6 Å². The van der Waals surface area contributed by atoms with Crippen molar-refractivity contribution in [2.45, 2.75) is 0 Å². The zero-order chi connectivity index (χ0) is 12.3. The minimum absolute atomic E-state index is 0.394. The molecule has 0 bridgehead atoms. The van der Waals surface area contributed by atoms with Gasteiger partial charge in [0.25, 0.3) is 0 Å². The second kappa shape index (κ2) is 5.42. The van der Waals surface area contributed by atoms with Gasteiger partial charge in [0.05, 0.1) is 0 Å². The highest BCUT2D eigenvalue weighted by Gasteiger charge is 2.06. The maximum Gasteiger partial charge on any atom is 0.159 e. The van der Waals surface area contributed by atoms with Crippen LogP contribution in [0.4, 0.5) is 5.82 Å². The second-order valence-corrected chi connectivity index (χ2v) is 5.50. The fraction of sp³-hybridized carbons (Fsp3) is 0.273. The van der Waals surface area contributed by atoms with Crippen LogP contribution in [0.1, 0.15) is 0 Å². The first-order chi connectivity index (χ1) is 8.18. The highest BCUT2D eigenvalue weighted by molar-refractivity contribution is 7.84. The molecule has 2 aromatic rings. The molecular formula is C11H12ClN3OS. The van der Waals surface area contributed by atoms with Crippen molar-refractivity contribution in [3.63, 3.8) is 0 Å². The molecule has 1 aromatic carbocycles. The van der Waals surface area contributed by atoms with Crippen molar-refractivity contribution < 1.29 is 4.21 Å². The van der Waals surface area contributed by atoms with E-state index in [0.29, 0.717) is 23.3 Å². The van der Waals surface area contributed by atoms with Gasteiger partial charge in [-0.2, -0.15) is 0 Å². The zero-order valence-corrected chi connectivity index (χ0v) is 10.9. The molecular weight excluding hydrogens is 258 g/mol. The molecule has 1 aromatic heterocycles. The van der Waals surface area contributed by atoms with Gasteiger partial charge in [-0.25, -0.2) is 0 Å². The van der Waals surface area contributed by atoms with Gasteiger partial charge in [-0.1, -0.05) is 35.9 Å². The highest BCUT2D eigenvalue weighted by Crippen LogP contribution is 2.25. The Kier molecular flexibility index (Phi) is 3.91. The summed E-state index contributed by atoms with van der Waals surface area (Å²) in [7, 11) is -0.814. The van der Waals surface area contributed by atoms with Gasteiger partial charge >= 0.3 is 0 Å². The molecule has 0 aliphatic carbocycles. The maximum atomic E-state index is 11.0. The third-order valence-corrected chi connectivity index (χ3v) is 3.38. The topological polar surface area (TPSA) is 54.9 Å². The van der Waals surface area contributed by atoms with E-state index in [1.807, 2.05) is 24.3 Å². The lowest BCUT2D eigenvalue weighted by Gasteiger charge is -2.07. The molecule has 0 aliphatic heterocycles. The summed E-state index contributed by atoms with van der Waals surface area (Å²) in [5, 5.41) is 13.2. The molecule has 2 rings (SSSR count). The van der Waals surface area contributed by atoms with Crippen LogP contribution in [-0.4, -0.2) is 33.0 Å². The van der Waals surface area contributed by atoms with Crippen LogP contribution in [0.5, 0.6) is 0 Å². The third-order valence-electron chi connectivity index (χ3n) is 2.32. The number of benzene rings is 1. The van der Waals surface area contributed by atoms with Crippen molar-refractivity contribution in [1.29, 1.82) is 0 Å². The number of halogens is 1. The minimum atomic E-state index is -0.814. The standard InChI is InChI=1S/C11H12ClN3OS/c1-17(16)7-6-13-11-9-5-3-2-4-8(9)10(12)14-15-11/h2-5H,6-7H2,1H3,(H,13,15). The first-order valence-electron chi connectivity index (χ1n) is 5.13. The van der Waals surface area contributed by atoms with E-state index in [1.54, 1.807) is 6.26 Å². The summed E-state index contributed by atoms with van der Waals surface area (Å²) in [4.78, 5) is 0. The van der Waals surface area contributed by atoms with Gasteiger partial charge in [-0.05, 0) is 0 Å². The Morgan fingerprint density at radius 3 is 2.71 bits per heavy atom. The first-order valence-corrected chi connectivity index (χ1v) is 7.24. The van der Waals surface area contributed by atoms with E-state index in [1.165, 1.54) is 0 Å². The smallest absolute Gasteiger partial charge is 0.159 e. The van der Waals surface area contributed by atoms with E-state index in [0.717, 1.165) is 10.8 Å². The summed E-state index contributed by atoms with van der Waals surface area (Å²) in [6, 6.07) is 7.65. The molecule has 0 saturated heterocycles. The van der Waals surface area contributed by atoms with E-state index >= 15 is 0 Å². The van der Waals surface area contributed by atoms with Crippen LogP contribution < -0.4 is 5.32 Å². The van der Waals surface area contributed by atoms with Gasteiger partial charge in [-0.15, -0.1) is 10.2 Å². The molecule has 0 fully saturated rings. The predicted molar refractivity (Wildman–Crippen MR) is 72.0 cm³/mol. The molecule has 4 nitrogen and oxygen atoms in total. The van der Waals surface area contributed by atoms with Crippen molar-refractivity contribution in [3.05, 3.63) is 29.4 Å². The number of rotatable bonds is 4.